The molecule has 0 saturated carbocycles. The minimum absolute atomic E-state index is 0.150. The summed E-state index contributed by atoms with van der Waals surface area (Å²) in [6.45, 7) is 21.1. The summed E-state index contributed by atoms with van der Waals surface area (Å²) in [5, 5.41) is 27.5. The quantitative estimate of drug-likeness (QED) is 0.0143. The van der Waals surface area contributed by atoms with Crippen molar-refractivity contribution in [3.8, 4) is 0 Å². The highest BCUT2D eigenvalue weighted by Crippen LogP contribution is 2.42. The molecule has 109 heavy (non-hydrogen) atoms. The van der Waals surface area contributed by atoms with E-state index in [-0.39, 0.29) is 38.1 Å². The number of esters is 4. The van der Waals surface area contributed by atoms with Crippen LogP contribution in [0.4, 0.5) is 0 Å². The van der Waals surface area contributed by atoms with E-state index in [2.05, 4.69) is 77.8 Å². The molecule has 1 saturated heterocycles. The summed E-state index contributed by atoms with van der Waals surface area (Å²) in [5.41, 5.74) is 0. The predicted octanol–water partition coefficient (Wildman–Crippen LogP) is 20.5. The normalized spacial score (nSPS) is 16.9. The maximum Gasteiger partial charge on any atom is 0.470 e. The SMILES string of the molecule is CCCCCCCCCCC[C@H](CC(=O)N[C@@H](CO)CO[C@@H]1O[C@H](CO)[C@@H](OP(=O)(O)O)[C@H](OC(=O)C[C@@H](CCCCCCCCCCC)OC(=O)CCCCCCCCC)[C@H]1NC(=O)C[C@@H](CCCCCCCCCCC)OC(=O)CCCCCCCCC)OC(=O)CCCCCCCCC.CCN(CC)CC. The van der Waals surface area contributed by atoms with Gasteiger partial charge in [0, 0.05) is 19.3 Å². The van der Waals surface area contributed by atoms with Crippen molar-refractivity contribution in [1.29, 1.82) is 0 Å². The lowest BCUT2D eigenvalue weighted by molar-refractivity contribution is -0.272. The number of carbonyl (C=O) groups is 6. The van der Waals surface area contributed by atoms with Crippen molar-refractivity contribution in [2.45, 2.75) is 483 Å². The standard InChI is InChI=1S/C81H153N2O18P.C6H15N/c1-7-13-19-25-31-34-40-43-49-55-68(96-74(88)58-52-46-37-28-22-16-10-4)61-72(86)82-67(64-84)66-95-81-78(83-73(87)62-69(56-50-44-41-35-32-26-20-14-8-2)97-75(89)59-53-47-38-29-23-17-11-5)80(79(71(65-85)99-81)101-102(92,93)94)100-77(91)63-70(57-51-45-42-36-33-27-21-15-9-3)98-76(90)60-54-48-39-30-24-18-12-6;1-4-7(5-2)6-3/h67-71,78-81,84-85H,7-66H2,1-6H3,(H,82,86)(H,83,87)(H2,92,93,94);4-6H2,1-3H3/t67-,68+,69+,70+,71+,78+,79+,80+,81+;/m0./s1. The Hall–Kier alpha value is -3.27. The lowest BCUT2D eigenvalue weighted by Gasteiger charge is -2.45. The van der Waals surface area contributed by atoms with Crippen molar-refractivity contribution in [3.63, 3.8) is 0 Å². The Labute approximate surface area is 664 Å². The van der Waals surface area contributed by atoms with Crippen LogP contribution in [-0.2, 0) is 66.3 Å². The molecule has 1 aliphatic heterocycles. The summed E-state index contributed by atoms with van der Waals surface area (Å²) < 4.78 is 55.3. The largest absolute Gasteiger partial charge is 0.470 e. The number of phosphoric ester groups is 1. The van der Waals surface area contributed by atoms with Gasteiger partial charge in [0.25, 0.3) is 0 Å². The van der Waals surface area contributed by atoms with Gasteiger partial charge in [-0.2, -0.15) is 0 Å². The van der Waals surface area contributed by atoms with E-state index in [9.17, 15) is 53.3 Å². The number of nitrogens with zero attached hydrogens (tertiary/aromatic N) is 1. The van der Waals surface area contributed by atoms with Gasteiger partial charge in [-0.1, -0.05) is 332 Å². The molecule has 21 nitrogen and oxygen atoms in total. The van der Waals surface area contributed by atoms with Crippen molar-refractivity contribution in [3.05, 3.63) is 0 Å². The molecule has 0 bridgehead atoms. The van der Waals surface area contributed by atoms with Crippen LogP contribution in [0.15, 0.2) is 0 Å². The van der Waals surface area contributed by atoms with Gasteiger partial charge in [0.15, 0.2) is 12.4 Å². The maximum atomic E-state index is 14.8. The van der Waals surface area contributed by atoms with Crippen molar-refractivity contribution in [1.82, 2.24) is 15.5 Å². The number of rotatable bonds is 76. The van der Waals surface area contributed by atoms with E-state index in [0.29, 0.717) is 51.4 Å². The molecule has 0 aromatic rings. The number of amides is 2. The molecule has 0 aromatic heterocycles. The first kappa shape index (κ1) is 106. The fourth-order valence-electron chi connectivity index (χ4n) is 14.2. The molecule has 6 N–H and O–H groups in total. The molecule has 0 spiro atoms. The first-order chi connectivity index (χ1) is 52.8. The fraction of sp³-hybridized carbons (Fsp3) is 0.931. The minimum atomic E-state index is -5.51. The first-order valence-electron chi connectivity index (χ1n) is 45.1. The van der Waals surface area contributed by atoms with Gasteiger partial charge in [-0.05, 0) is 77.4 Å². The molecule has 0 aromatic carbocycles. The van der Waals surface area contributed by atoms with Crippen LogP contribution < -0.4 is 10.6 Å². The molecule has 0 unspecified atom stereocenters. The summed E-state index contributed by atoms with van der Waals surface area (Å²) in [4.78, 5) is 107. The van der Waals surface area contributed by atoms with Gasteiger partial charge in [0.2, 0.25) is 11.8 Å². The average Bonchev–Trinajstić information content (AvgIpc) is 0.780. The lowest BCUT2D eigenvalue weighted by Crippen LogP contribution is -2.66. The zero-order valence-electron chi connectivity index (χ0n) is 71.1. The summed E-state index contributed by atoms with van der Waals surface area (Å²) in [6.07, 6.45) is 40.4. The Balaban J connectivity index is 0.0000158. The maximum absolute atomic E-state index is 14.8. The van der Waals surface area contributed by atoms with E-state index < -0.39 is 119 Å². The van der Waals surface area contributed by atoms with Crippen LogP contribution in [0.2, 0.25) is 0 Å². The van der Waals surface area contributed by atoms with E-state index in [4.69, 9.17) is 32.9 Å². The van der Waals surface area contributed by atoms with Gasteiger partial charge in [-0.15, -0.1) is 0 Å². The van der Waals surface area contributed by atoms with E-state index in [1.54, 1.807) is 0 Å². The third kappa shape index (κ3) is 62.7. The second-order valence-corrected chi connectivity index (χ2v) is 32.3. The van der Waals surface area contributed by atoms with Gasteiger partial charge in [-0.25, -0.2) is 4.57 Å². The van der Waals surface area contributed by atoms with E-state index >= 15 is 0 Å². The lowest BCUT2D eigenvalue weighted by atomic mass is 9.95. The predicted molar refractivity (Wildman–Crippen MR) is 440 cm³/mol. The zero-order valence-corrected chi connectivity index (χ0v) is 72.0. The Morgan fingerprint density at radius 2 is 0.697 bits per heavy atom. The van der Waals surface area contributed by atoms with Crippen LogP contribution in [0.3, 0.4) is 0 Å². The smallest absolute Gasteiger partial charge is 0.462 e. The number of unbranched alkanes of at least 4 members (excludes halogenated alkanes) is 42. The van der Waals surface area contributed by atoms with Crippen LogP contribution in [-0.4, -0.2) is 155 Å². The second-order valence-electron chi connectivity index (χ2n) is 31.1. The fourth-order valence-corrected chi connectivity index (χ4v) is 14.8. The number of aliphatic hydroxyl groups is 2. The molecule has 1 rings (SSSR count). The van der Waals surface area contributed by atoms with E-state index in [0.717, 1.165) is 218 Å². The van der Waals surface area contributed by atoms with Gasteiger partial charge >= 0.3 is 31.7 Å². The third-order valence-electron chi connectivity index (χ3n) is 21.0. The van der Waals surface area contributed by atoms with Crippen LogP contribution in [0.1, 0.15) is 428 Å². The number of hydrogen-bond donors (Lipinski definition) is 6. The molecular weight excluding hydrogens is 1410 g/mol. The molecular formula is C87H168N3O18P. The highest BCUT2D eigenvalue weighted by atomic mass is 31.2. The molecule has 22 heteroatoms. The minimum Gasteiger partial charge on any atom is -0.462 e. The highest BCUT2D eigenvalue weighted by molar-refractivity contribution is 7.46. The number of nitrogens with one attached hydrogen (secondary N) is 2. The molecule has 9 atom stereocenters. The van der Waals surface area contributed by atoms with Gasteiger partial charge < -0.3 is 64.0 Å². The molecule has 1 heterocycles. The summed E-state index contributed by atoms with van der Waals surface area (Å²) >= 11 is 0. The zero-order chi connectivity index (χ0) is 80.6. The molecule has 0 radical (unpaired) electrons. The number of aliphatic hydroxyl groups excluding tert-OH is 2. The van der Waals surface area contributed by atoms with Gasteiger partial charge in [0.1, 0.15) is 36.6 Å². The third-order valence-corrected chi connectivity index (χ3v) is 21.5. The van der Waals surface area contributed by atoms with Crippen molar-refractivity contribution in [2.24, 2.45) is 0 Å². The Kier molecular flexibility index (Phi) is 72.6. The summed E-state index contributed by atoms with van der Waals surface area (Å²) in [5.74, 6) is -3.52. The van der Waals surface area contributed by atoms with Crippen LogP contribution in [0.25, 0.3) is 0 Å². The van der Waals surface area contributed by atoms with Crippen molar-refractivity contribution < 1.29 is 86.3 Å². The van der Waals surface area contributed by atoms with Crippen LogP contribution in [0, 0.1) is 0 Å². The van der Waals surface area contributed by atoms with Crippen LogP contribution in [0.5, 0.6) is 0 Å². The number of hydrogen-bond acceptors (Lipinski definition) is 17. The van der Waals surface area contributed by atoms with Crippen molar-refractivity contribution >= 4 is 43.5 Å². The molecule has 1 fully saturated rings. The molecule has 2 amide bonds. The Morgan fingerprint density at radius 1 is 0.394 bits per heavy atom. The summed E-state index contributed by atoms with van der Waals surface area (Å²) in [7, 11) is -5.51. The number of phosphoric acid groups is 1. The van der Waals surface area contributed by atoms with E-state index in [1.807, 2.05) is 0 Å². The Morgan fingerprint density at radius 3 is 0.991 bits per heavy atom. The Bertz CT molecular complexity index is 2190. The molecule has 644 valence electrons. The molecule has 1 aliphatic rings. The highest BCUT2D eigenvalue weighted by Gasteiger charge is 2.52. The monoisotopic (exact) mass is 1570 g/mol. The number of ether oxygens (including phenoxy) is 6. The van der Waals surface area contributed by atoms with Gasteiger partial charge in [0.05, 0.1) is 45.1 Å². The van der Waals surface area contributed by atoms with Gasteiger partial charge in [-0.3, -0.25) is 33.3 Å². The van der Waals surface area contributed by atoms with Crippen LogP contribution >= 0.6 is 7.82 Å². The number of carbonyl (C=O) groups excluding carboxylic acids is 6. The molecule has 0 aliphatic carbocycles. The summed E-state index contributed by atoms with van der Waals surface area (Å²) in [6, 6.07) is -2.80. The van der Waals surface area contributed by atoms with E-state index in [1.165, 1.54) is 77.4 Å². The second kappa shape index (κ2) is 74.8. The topological polar surface area (TPSA) is 292 Å². The first-order valence-corrected chi connectivity index (χ1v) is 46.7. The average molecular weight is 1580 g/mol. The van der Waals surface area contributed by atoms with Crippen molar-refractivity contribution in [2.75, 3.05) is 39.5 Å².